The molecule has 4 nitrogen and oxygen atoms in total. The van der Waals surface area contributed by atoms with E-state index in [0.29, 0.717) is 0 Å². The number of carbonyl (C=O) groups is 1. The Labute approximate surface area is 59.5 Å². The van der Waals surface area contributed by atoms with Crippen molar-refractivity contribution in [2.24, 2.45) is 0 Å². The van der Waals surface area contributed by atoms with Gasteiger partial charge in [-0.25, -0.2) is 0 Å². The van der Waals surface area contributed by atoms with Gasteiger partial charge in [-0.1, -0.05) is 15.9 Å². The van der Waals surface area contributed by atoms with E-state index in [0.717, 1.165) is 6.08 Å². The summed E-state index contributed by atoms with van der Waals surface area (Å²) in [5.41, 5.74) is 0. The average molecular weight is 194 g/mol. The molecule has 1 aliphatic heterocycles. The maximum absolute atomic E-state index is 10.4. The number of hydroxylamine groups is 2. The number of carbonyl (C=O) groups excluding carboxylic acids is 1. The van der Waals surface area contributed by atoms with Crippen molar-refractivity contribution >= 4 is 21.8 Å². The number of halogens is 1. The summed E-state index contributed by atoms with van der Waals surface area (Å²) in [7, 11) is 0. The first-order valence-corrected chi connectivity index (χ1v) is 2.99. The Balaban J connectivity index is 2.82. The van der Waals surface area contributed by atoms with Crippen molar-refractivity contribution in [3.8, 4) is 0 Å². The fourth-order valence-electron chi connectivity index (χ4n) is 0.496. The van der Waals surface area contributed by atoms with Crippen molar-refractivity contribution in [3.05, 3.63) is 10.6 Å². The second kappa shape index (κ2) is 2.09. The molecule has 0 fully saturated rings. The molecule has 1 aliphatic rings. The Morgan fingerprint density at radius 2 is 2.33 bits per heavy atom. The zero-order chi connectivity index (χ0) is 7.02. The predicted octanol–water partition coefficient (Wildman–Crippen LogP) is -0.185. The van der Waals surface area contributed by atoms with Crippen LogP contribution in [-0.4, -0.2) is 27.5 Å². The van der Waals surface area contributed by atoms with Crippen LogP contribution in [0, 0.1) is 0 Å². The molecule has 0 saturated heterocycles. The largest absolute Gasteiger partial charge is 0.367 e. The number of aliphatic hydroxyl groups is 1. The summed E-state index contributed by atoms with van der Waals surface area (Å²) in [5, 5.41) is 17.6. The van der Waals surface area contributed by atoms with Crippen molar-refractivity contribution in [1.29, 1.82) is 0 Å². The summed E-state index contributed by atoms with van der Waals surface area (Å²) in [4.78, 5) is 10.4. The lowest BCUT2D eigenvalue weighted by molar-refractivity contribution is -0.185. The molecule has 1 heterocycles. The van der Waals surface area contributed by atoms with E-state index in [1.54, 1.807) is 0 Å². The van der Waals surface area contributed by atoms with E-state index in [9.17, 15) is 4.79 Å². The van der Waals surface area contributed by atoms with Gasteiger partial charge < -0.3 is 5.11 Å². The van der Waals surface area contributed by atoms with Crippen LogP contribution < -0.4 is 0 Å². The first-order chi connectivity index (χ1) is 4.13. The van der Waals surface area contributed by atoms with Crippen LogP contribution in [0.3, 0.4) is 0 Å². The molecule has 0 saturated carbocycles. The number of hydrogen-bond donors (Lipinski definition) is 2. The van der Waals surface area contributed by atoms with Crippen LogP contribution in [0.4, 0.5) is 0 Å². The molecule has 0 spiro atoms. The van der Waals surface area contributed by atoms with Gasteiger partial charge in [-0.3, -0.25) is 10.0 Å². The summed E-state index contributed by atoms with van der Waals surface area (Å²) >= 11 is 2.87. The van der Waals surface area contributed by atoms with Gasteiger partial charge in [0.15, 0.2) is 6.23 Å². The standard InChI is InChI=1S/C4H4BrNO3/c5-2-1-3(7)6(9)4(2)8/h1,4,8-9H. The number of aliphatic hydroxyl groups excluding tert-OH is 1. The Kier molecular flexibility index (Phi) is 1.56. The molecular formula is C4H4BrNO3. The third kappa shape index (κ3) is 0.983. The molecule has 1 atom stereocenters. The molecule has 50 valence electrons. The second-order valence-electron chi connectivity index (χ2n) is 1.59. The lowest BCUT2D eigenvalue weighted by Crippen LogP contribution is -2.30. The van der Waals surface area contributed by atoms with Crippen LogP contribution in [0.25, 0.3) is 0 Å². The number of nitrogens with zero attached hydrogens (tertiary/aromatic N) is 1. The van der Waals surface area contributed by atoms with Crippen molar-refractivity contribution in [1.82, 2.24) is 5.06 Å². The molecule has 0 aromatic rings. The van der Waals surface area contributed by atoms with Crippen LogP contribution in [0.15, 0.2) is 10.6 Å². The topological polar surface area (TPSA) is 60.8 Å². The Morgan fingerprint density at radius 3 is 2.44 bits per heavy atom. The third-order valence-corrected chi connectivity index (χ3v) is 1.60. The zero-order valence-electron chi connectivity index (χ0n) is 4.28. The monoisotopic (exact) mass is 193 g/mol. The minimum Gasteiger partial charge on any atom is -0.367 e. The van der Waals surface area contributed by atoms with Crippen molar-refractivity contribution in [3.63, 3.8) is 0 Å². The van der Waals surface area contributed by atoms with Gasteiger partial charge in [-0.15, -0.1) is 0 Å². The Morgan fingerprint density at radius 1 is 1.78 bits per heavy atom. The quantitative estimate of drug-likeness (QED) is 0.525. The van der Waals surface area contributed by atoms with Gasteiger partial charge in [0.05, 0.1) is 4.48 Å². The van der Waals surface area contributed by atoms with Gasteiger partial charge in [-0.2, -0.15) is 5.06 Å². The molecule has 0 bridgehead atoms. The minimum absolute atomic E-state index is 0.240. The Hall–Kier alpha value is -0.390. The highest BCUT2D eigenvalue weighted by Crippen LogP contribution is 2.19. The van der Waals surface area contributed by atoms with E-state index in [2.05, 4.69) is 15.9 Å². The highest BCUT2D eigenvalue weighted by molar-refractivity contribution is 9.11. The SMILES string of the molecule is O=C1C=C(Br)C(O)N1O. The molecule has 1 rings (SSSR count). The second-order valence-corrected chi connectivity index (χ2v) is 2.50. The molecular weight excluding hydrogens is 190 g/mol. The summed E-state index contributed by atoms with van der Waals surface area (Å²) < 4.78 is 0.273. The van der Waals surface area contributed by atoms with Crippen LogP contribution in [0.2, 0.25) is 0 Å². The molecule has 1 amide bonds. The van der Waals surface area contributed by atoms with Crippen LogP contribution in [-0.2, 0) is 4.79 Å². The molecule has 0 aromatic heterocycles. The molecule has 0 aliphatic carbocycles. The van der Waals surface area contributed by atoms with Crippen LogP contribution in [0.1, 0.15) is 0 Å². The van der Waals surface area contributed by atoms with Gasteiger partial charge in [0.1, 0.15) is 0 Å². The maximum atomic E-state index is 10.4. The van der Waals surface area contributed by atoms with E-state index in [-0.39, 0.29) is 9.55 Å². The predicted molar refractivity (Wildman–Crippen MR) is 31.6 cm³/mol. The normalized spacial score (nSPS) is 27.0. The fourth-order valence-corrected chi connectivity index (χ4v) is 0.886. The average Bonchev–Trinajstić information content (AvgIpc) is 1.98. The fraction of sp³-hybridized carbons (Fsp3) is 0.250. The lowest BCUT2D eigenvalue weighted by Gasteiger charge is -2.11. The van der Waals surface area contributed by atoms with E-state index >= 15 is 0 Å². The van der Waals surface area contributed by atoms with E-state index in [1.165, 1.54) is 0 Å². The zero-order valence-corrected chi connectivity index (χ0v) is 5.87. The highest BCUT2D eigenvalue weighted by Gasteiger charge is 2.27. The van der Waals surface area contributed by atoms with Gasteiger partial charge in [0.2, 0.25) is 0 Å². The Bertz CT molecular complexity index is 179. The van der Waals surface area contributed by atoms with Gasteiger partial charge >= 0.3 is 0 Å². The maximum Gasteiger partial charge on any atom is 0.273 e. The molecule has 5 heteroatoms. The van der Waals surface area contributed by atoms with Crippen molar-refractivity contribution in [2.75, 3.05) is 0 Å². The molecule has 2 N–H and O–H groups in total. The minimum atomic E-state index is -1.22. The van der Waals surface area contributed by atoms with Gasteiger partial charge in [0, 0.05) is 6.08 Å². The van der Waals surface area contributed by atoms with E-state index in [1.807, 2.05) is 0 Å². The summed E-state index contributed by atoms with van der Waals surface area (Å²) in [6, 6.07) is 0. The molecule has 0 aromatic carbocycles. The molecule has 1 unspecified atom stereocenters. The van der Waals surface area contributed by atoms with Crippen molar-refractivity contribution < 1.29 is 15.1 Å². The van der Waals surface area contributed by atoms with Crippen molar-refractivity contribution in [2.45, 2.75) is 6.23 Å². The summed E-state index contributed by atoms with van der Waals surface area (Å²) in [6.45, 7) is 0. The smallest absolute Gasteiger partial charge is 0.273 e. The van der Waals surface area contributed by atoms with Crippen LogP contribution >= 0.6 is 15.9 Å². The molecule has 9 heavy (non-hydrogen) atoms. The summed E-state index contributed by atoms with van der Waals surface area (Å²) in [5.74, 6) is -0.616. The number of amides is 1. The summed E-state index contributed by atoms with van der Waals surface area (Å²) in [6.07, 6.45) is -0.123. The molecule has 0 radical (unpaired) electrons. The van der Waals surface area contributed by atoms with E-state index < -0.39 is 12.1 Å². The first-order valence-electron chi connectivity index (χ1n) is 2.20. The van der Waals surface area contributed by atoms with E-state index in [4.69, 9.17) is 10.3 Å². The van der Waals surface area contributed by atoms with Crippen LogP contribution in [0.5, 0.6) is 0 Å². The van der Waals surface area contributed by atoms with Gasteiger partial charge in [-0.05, 0) is 0 Å². The third-order valence-electron chi connectivity index (χ3n) is 0.965. The first kappa shape index (κ1) is 6.73. The lowest BCUT2D eigenvalue weighted by atomic mass is 10.5. The number of hydrogen-bond acceptors (Lipinski definition) is 3. The number of rotatable bonds is 0. The highest BCUT2D eigenvalue weighted by atomic mass is 79.9. The van der Waals surface area contributed by atoms with Gasteiger partial charge in [0.25, 0.3) is 5.91 Å².